The number of amides is 2. The quantitative estimate of drug-likeness (QED) is 0.568. The number of rotatable bonds is 5. The normalized spacial score (nSPS) is 13.9. The van der Waals surface area contributed by atoms with E-state index in [1.807, 2.05) is 31.2 Å². The summed E-state index contributed by atoms with van der Waals surface area (Å²) in [6.07, 6.45) is 0. The van der Waals surface area contributed by atoms with E-state index < -0.39 is 21.7 Å². The van der Waals surface area contributed by atoms with E-state index in [9.17, 15) is 18.0 Å². The molecule has 0 unspecified atom stereocenters. The van der Waals surface area contributed by atoms with Crippen molar-refractivity contribution in [3.8, 4) is 11.4 Å². The van der Waals surface area contributed by atoms with Gasteiger partial charge in [0.25, 0.3) is 0 Å². The van der Waals surface area contributed by atoms with Crippen molar-refractivity contribution in [2.75, 3.05) is 12.4 Å². The van der Waals surface area contributed by atoms with Gasteiger partial charge in [-0.2, -0.15) is 5.10 Å². The summed E-state index contributed by atoms with van der Waals surface area (Å²) in [5.41, 5.74) is 3.17. The topological polar surface area (TPSA) is 119 Å². The van der Waals surface area contributed by atoms with Crippen LogP contribution in [0.5, 0.6) is 5.75 Å². The molecule has 0 radical (unpaired) electrons. The number of aryl methyl sites for hydroxylation is 1. The first-order chi connectivity index (χ1) is 15.3. The molecule has 0 saturated carbocycles. The summed E-state index contributed by atoms with van der Waals surface area (Å²) in [4.78, 5) is 25.1. The second-order valence-electron chi connectivity index (χ2n) is 7.50. The van der Waals surface area contributed by atoms with Gasteiger partial charge in [0.1, 0.15) is 11.6 Å². The van der Waals surface area contributed by atoms with E-state index in [1.54, 1.807) is 24.3 Å². The van der Waals surface area contributed by atoms with Gasteiger partial charge in [0.15, 0.2) is 9.84 Å². The first-order valence-corrected chi connectivity index (χ1v) is 11.7. The van der Waals surface area contributed by atoms with Crippen LogP contribution in [0.1, 0.15) is 22.4 Å². The number of anilines is 1. The first-order valence-electron chi connectivity index (χ1n) is 9.87. The number of fused-ring (bicyclic) bond motifs is 1. The van der Waals surface area contributed by atoms with Gasteiger partial charge in [-0.3, -0.25) is 9.59 Å². The van der Waals surface area contributed by atoms with E-state index in [1.165, 1.54) is 11.8 Å². The maximum absolute atomic E-state index is 12.6. The van der Waals surface area contributed by atoms with Crippen LogP contribution in [0.25, 0.3) is 5.69 Å². The highest BCUT2D eigenvalue weighted by atomic mass is 32.2. The highest BCUT2D eigenvalue weighted by molar-refractivity contribution is 7.90. The van der Waals surface area contributed by atoms with E-state index in [0.717, 1.165) is 5.56 Å². The van der Waals surface area contributed by atoms with Crippen molar-refractivity contribution in [3.63, 3.8) is 0 Å². The Labute approximate surface area is 185 Å². The summed E-state index contributed by atoms with van der Waals surface area (Å²) >= 11 is 0. The van der Waals surface area contributed by atoms with Gasteiger partial charge in [0.05, 0.1) is 30.0 Å². The second kappa shape index (κ2) is 8.46. The fraction of sp³-hybridized carbons (Fsp3) is 0.227. The molecule has 0 saturated heterocycles. The average Bonchev–Trinajstić information content (AvgIpc) is 3.24. The number of hydrogen-bond donors (Lipinski definition) is 2. The molecular weight excluding hydrogens is 432 g/mol. The molecule has 4 rings (SSSR count). The predicted octanol–water partition coefficient (Wildman–Crippen LogP) is 1.87. The third kappa shape index (κ3) is 4.35. The first kappa shape index (κ1) is 21.6. The molecule has 3 aromatic rings. The van der Waals surface area contributed by atoms with Gasteiger partial charge in [-0.15, -0.1) is 0 Å². The molecule has 0 bridgehead atoms. The Hall–Kier alpha value is -3.66. The van der Waals surface area contributed by atoms with Crippen LogP contribution >= 0.6 is 0 Å². The number of carbonyl (C=O) groups excluding carboxylic acids is 2. The minimum Gasteiger partial charge on any atom is -0.496 e. The van der Waals surface area contributed by atoms with Crippen LogP contribution in [0, 0.1) is 6.92 Å². The zero-order valence-electron chi connectivity index (χ0n) is 17.6. The van der Waals surface area contributed by atoms with Crippen molar-refractivity contribution in [2.45, 2.75) is 25.0 Å². The molecule has 0 fully saturated rings. The van der Waals surface area contributed by atoms with Crippen LogP contribution in [0.4, 0.5) is 5.82 Å². The number of nitrogens with zero attached hydrogens (tertiary/aromatic N) is 2. The number of methoxy groups -OCH3 is 1. The van der Waals surface area contributed by atoms with E-state index in [0.29, 0.717) is 28.3 Å². The van der Waals surface area contributed by atoms with E-state index in [2.05, 4.69) is 15.7 Å². The van der Waals surface area contributed by atoms with Crippen molar-refractivity contribution in [2.24, 2.45) is 0 Å². The lowest BCUT2D eigenvalue weighted by Gasteiger charge is -2.12. The van der Waals surface area contributed by atoms with Crippen LogP contribution in [0.15, 0.2) is 48.5 Å². The summed E-state index contributed by atoms with van der Waals surface area (Å²) in [6.45, 7) is 2.04. The van der Waals surface area contributed by atoms with Crippen molar-refractivity contribution >= 4 is 27.5 Å². The summed E-state index contributed by atoms with van der Waals surface area (Å²) in [6, 6.07) is 14.5. The number of sulfone groups is 1. The smallest absolute Gasteiger partial charge is 0.314 e. The Bertz CT molecular complexity index is 1300. The fourth-order valence-electron chi connectivity index (χ4n) is 3.51. The Morgan fingerprint density at radius 3 is 2.50 bits per heavy atom. The molecule has 1 aliphatic heterocycles. The number of aromatic nitrogens is 2. The molecule has 32 heavy (non-hydrogen) atoms. The average molecular weight is 455 g/mol. The Morgan fingerprint density at radius 1 is 1.06 bits per heavy atom. The lowest BCUT2D eigenvalue weighted by molar-refractivity contribution is -0.136. The molecule has 0 aliphatic carbocycles. The summed E-state index contributed by atoms with van der Waals surface area (Å²) in [7, 11) is -1.82. The lowest BCUT2D eigenvalue weighted by Crippen LogP contribution is -2.35. The third-order valence-corrected chi connectivity index (χ3v) is 6.58. The molecule has 1 aliphatic rings. The van der Waals surface area contributed by atoms with Gasteiger partial charge in [-0.25, -0.2) is 13.1 Å². The zero-order valence-corrected chi connectivity index (χ0v) is 18.4. The van der Waals surface area contributed by atoms with Gasteiger partial charge >= 0.3 is 11.8 Å². The zero-order chi connectivity index (χ0) is 22.9. The Kier molecular flexibility index (Phi) is 5.70. The highest BCUT2D eigenvalue weighted by Crippen LogP contribution is 2.33. The van der Waals surface area contributed by atoms with E-state index in [4.69, 9.17) is 4.74 Å². The maximum atomic E-state index is 12.6. The van der Waals surface area contributed by atoms with Gasteiger partial charge in [-0.1, -0.05) is 35.9 Å². The van der Waals surface area contributed by atoms with Gasteiger partial charge in [0, 0.05) is 17.7 Å². The molecule has 166 valence electrons. The minimum absolute atomic E-state index is 0.0972. The van der Waals surface area contributed by atoms with Crippen LogP contribution in [0.3, 0.4) is 0 Å². The number of nitrogens with one attached hydrogen (secondary N) is 2. The molecule has 0 spiro atoms. The van der Waals surface area contributed by atoms with Crippen molar-refractivity contribution in [1.29, 1.82) is 0 Å². The van der Waals surface area contributed by atoms with E-state index in [-0.39, 0.29) is 23.9 Å². The maximum Gasteiger partial charge on any atom is 0.314 e. The Morgan fingerprint density at radius 2 is 1.78 bits per heavy atom. The van der Waals surface area contributed by atoms with Crippen LogP contribution in [-0.2, 0) is 37.5 Å². The number of hydrogen-bond acceptors (Lipinski definition) is 6. The minimum atomic E-state index is -3.34. The molecule has 2 N–H and O–H groups in total. The third-order valence-electron chi connectivity index (χ3n) is 5.14. The van der Waals surface area contributed by atoms with Crippen LogP contribution < -0.4 is 15.4 Å². The molecular formula is C22H22N4O5S. The summed E-state index contributed by atoms with van der Waals surface area (Å²) in [5, 5.41) is 9.51. The van der Waals surface area contributed by atoms with Crippen LogP contribution in [0.2, 0.25) is 0 Å². The predicted molar refractivity (Wildman–Crippen MR) is 118 cm³/mol. The second-order valence-corrected chi connectivity index (χ2v) is 9.57. The number of carbonyl (C=O) groups is 2. The molecule has 0 atom stereocenters. The van der Waals surface area contributed by atoms with Crippen molar-refractivity contribution in [3.05, 3.63) is 70.9 Å². The summed E-state index contributed by atoms with van der Waals surface area (Å²) in [5.74, 6) is -1.45. The number of para-hydroxylation sites is 1. The lowest BCUT2D eigenvalue weighted by atomic mass is 10.2. The van der Waals surface area contributed by atoms with Crippen molar-refractivity contribution in [1.82, 2.24) is 15.1 Å². The van der Waals surface area contributed by atoms with Gasteiger partial charge in [-0.05, 0) is 25.1 Å². The molecule has 2 heterocycles. The number of ether oxygens (including phenoxy) is 1. The van der Waals surface area contributed by atoms with Crippen molar-refractivity contribution < 1.29 is 22.7 Å². The van der Waals surface area contributed by atoms with E-state index >= 15 is 0 Å². The largest absolute Gasteiger partial charge is 0.496 e. The molecule has 10 heteroatoms. The standard InChI is InChI=1S/C22H22N4O5S/c1-14-7-9-16(10-8-14)26-20(17-12-32(29,30)13-18(17)25-26)24-22(28)21(27)23-11-15-5-3-4-6-19(15)31-2/h3-10H,11-13H2,1-2H3,(H,23,27)(H,24,28). The number of benzene rings is 2. The molecule has 9 nitrogen and oxygen atoms in total. The fourth-order valence-corrected chi connectivity index (χ4v) is 5.01. The van der Waals surface area contributed by atoms with Gasteiger partial charge < -0.3 is 15.4 Å². The van der Waals surface area contributed by atoms with Gasteiger partial charge in [0.2, 0.25) is 0 Å². The Balaban J connectivity index is 1.57. The molecule has 2 aromatic carbocycles. The SMILES string of the molecule is COc1ccccc1CNC(=O)C(=O)Nc1c2c(nn1-c1ccc(C)cc1)CS(=O)(=O)C2. The monoisotopic (exact) mass is 454 g/mol. The summed E-state index contributed by atoms with van der Waals surface area (Å²) < 4.78 is 30.9. The molecule has 2 amide bonds. The van der Waals surface area contributed by atoms with Crippen LogP contribution in [-0.4, -0.2) is 37.1 Å². The molecule has 1 aromatic heterocycles. The highest BCUT2D eigenvalue weighted by Gasteiger charge is 2.33.